The van der Waals surface area contributed by atoms with Gasteiger partial charge in [0.1, 0.15) is 5.82 Å². The Morgan fingerprint density at radius 3 is 2.76 bits per heavy atom. The summed E-state index contributed by atoms with van der Waals surface area (Å²) in [6, 6.07) is 11.8. The quantitative estimate of drug-likeness (QED) is 0.359. The van der Waals surface area contributed by atoms with Gasteiger partial charge in [0, 0.05) is 65.2 Å². The van der Waals surface area contributed by atoms with Crippen molar-refractivity contribution in [3.63, 3.8) is 0 Å². The number of aromatic nitrogens is 5. The van der Waals surface area contributed by atoms with Crippen LogP contribution in [0.1, 0.15) is 46.9 Å². The fraction of sp³-hybridized carbons (Fsp3) is 0.276. The van der Waals surface area contributed by atoms with Crippen LogP contribution in [-0.4, -0.2) is 42.1 Å². The van der Waals surface area contributed by atoms with Crippen LogP contribution in [-0.2, 0) is 13.5 Å². The highest BCUT2D eigenvalue weighted by Gasteiger charge is 2.36. The van der Waals surface area contributed by atoms with Gasteiger partial charge in [-0.05, 0) is 67.5 Å². The van der Waals surface area contributed by atoms with E-state index in [1.54, 1.807) is 17.1 Å². The highest BCUT2D eigenvalue weighted by Crippen LogP contribution is 2.40. The van der Waals surface area contributed by atoms with Crippen LogP contribution in [0.2, 0.25) is 0 Å². The van der Waals surface area contributed by atoms with E-state index in [0.29, 0.717) is 17.3 Å². The Hall–Kier alpha value is -4.33. The molecule has 2 aliphatic carbocycles. The SMILES string of the molecule is Cn1cc(-c2ccc3c(n2)CCC3N(CC2CC2)C(=O)c2ccc3nc(N)c4ccncc4c3c2)cn1. The Balaban J connectivity index is 1.26. The van der Waals surface area contributed by atoms with Crippen molar-refractivity contribution in [2.45, 2.75) is 31.7 Å². The molecule has 1 amide bonds. The molecule has 0 aliphatic heterocycles. The van der Waals surface area contributed by atoms with E-state index in [9.17, 15) is 4.79 Å². The molecule has 8 heteroatoms. The van der Waals surface area contributed by atoms with E-state index in [1.807, 2.05) is 43.7 Å². The molecule has 0 saturated heterocycles. The Morgan fingerprint density at radius 1 is 1.05 bits per heavy atom. The number of rotatable bonds is 5. The van der Waals surface area contributed by atoms with Crippen molar-refractivity contribution in [2.24, 2.45) is 13.0 Å². The van der Waals surface area contributed by atoms with Gasteiger partial charge in [0.25, 0.3) is 5.91 Å². The minimum Gasteiger partial charge on any atom is -0.383 e. The van der Waals surface area contributed by atoms with Gasteiger partial charge in [0.05, 0.1) is 23.4 Å². The molecule has 2 N–H and O–H groups in total. The molecular formula is C29H27N7O. The Bertz CT molecular complexity index is 1690. The summed E-state index contributed by atoms with van der Waals surface area (Å²) in [4.78, 5) is 30.0. The maximum atomic E-state index is 14.1. The van der Waals surface area contributed by atoms with Gasteiger partial charge >= 0.3 is 0 Å². The maximum absolute atomic E-state index is 14.1. The molecular weight excluding hydrogens is 462 g/mol. The second-order valence-corrected chi connectivity index (χ2v) is 10.2. The van der Waals surface area contributed by atoms with E-state index in [2.05, 4.69) is 32.1 Å². The topological polar surface area (TPSA) is 103 Å². The molecule has 0 radical (unpaired) electrons. The van der Waals surface area contributed by atoms with Crippen LogP contribution in [0.15, 0.2) is 61.2 Å². The summed E-state index contributed by atoms with van der Waals surface area (Å²) in [5, 5.41) is 6.93. The first kappa shape index (κ1) is 21.9. The summed E-state index contributed by atoms with van der Waals surface area (Å²) in [6.07, 6.45) is 11.4. The number of amides is 1. The van der Waals surface area contributed by atoms with Crippen molar-refractivity contribution < 1.29 is 4.79 Å². The van der Waals surface area contributed by atoms with Crippen LogP contribution in [0.3, 0.4) is 0 Å². The van der Waals surface area contributed by atoms with Crippen LogP contribution in [0.4, 0.5) is 5.82 Å². The number of nitrogen functional groups attached to an aromatic ring is 1. The molecule has 7 rings (SSSR count). The van der Waals surface area contributed by atoms with E-state index < -0.39 is 0 Å². The van der Waals surface area contributed by atoms with Gasteiger partial charge in [-0.15, -0.1) is 0 Å². The molecule has 1 saturated carbocycles. The lowest BCUT2D eigenvalue weighted by Crippen LogP contribution is -2.35. The lowest BCUT2D eigenvalue weighted by Gasteiger charge is -2.30. The second kappa shape index (κ2) is 8.37. The normalized spacial score (nSPS) is 16.8. The summed E-state index contributed by atoms with van der Waals surface area (Å²) in [7, 11) is 1.91. The highest BCUT2D eigenvalue weighted by molar-refractivity contribution is 6.11. The standard InChI is InChI=1S/C29H27N7O/c1-35-16-19(13-32-35)24-7-5-21-25(33-24)8-9-27(21)36(15-17-2-3-17)29(37)18-4-6-26-22(12-18)23-14-31-11-10-20(23)28(30)34-26/h4-7,10-14,16-17,27H,2-3,8-9,15H2,1H3,(H2,30,34). The molecule has 0 bridgehead atoms. The third-order valence-corrected chi connectivity index (χ3v) is 7.68. The molecule has 1 fully saturated rings. The van der Waals surface area contributed by atoms with Gasteiger partial charge in [0.2, 0.25) is 0 Å². The van der Waals surface area contributed by atoms with E-state index in [-0.39, 0.29) is 11.9 Å². The summed E-state index contributed by atoms with van der Waals surface area (Å²) in [6.45, 7) is 0.771. The average molecular weight is 490 g/mol. The summed E-state index contributed by atoms with van der Waals surface area (Å²) >= 11 is 0. The van der Waals surface area contributed by atoms with Gasteiger partial charge < -0.3 is 10.6 Å². The first-order valence-electron chi connectivity index (χ1n) is 12.8. The van der Waals surface area contributed by atoms with Crippen LogP contribution < -0.4 is 5.73 Å². The maximum Gasteiger partial charge on any atom is 0.254 e. The lowest BCUT2D eigenvalue weighted by atomic mass is 10.0. The van der Waals surface area contributed by atoms with Crippen molar-refractivity contribution >= 4 is 33.4 Å². The van der Waals surface area contributed by atoms with Crippen LogP contribution >= 0.6 is 0 Å². The minimum absolute atomic E-state index is 0.0252. The fourth-order valence-electron chi connectivity index (χ4n) is 5.58. The zero-order chi connectivity index (χ0) is 25.1. The third-order valence-electron chi connectivity index (χ3n) is 7.68. The average Bonchev–Trinajstić information content (AvgIpc) is 3.48. The summed E-state index contributed by atoms with van der Waals surface area (Å²) < 4.78 is 1.79. The highest BCUT2D eigenvalue weighted by atomic mass is 16.2. The number of nitrogens with zero attached hydrogens (tertiary/aromatic N) is 6. The van der Waals surface area contributed by atoms with Gasteiger partial charge in [0.15, 0.2) is 0 Å². The molecule has 1 aromatic carbocycles. The number of benzene rings is 1. The van der Waals surface area contributed by atoms with Gasteiger partial charge in [-0.2, -0.15) is 5.10 Å². The van der Waals surface area contributed by atoms with Crippen molar-refractivity contribution in [3.8, 4) is 11.3 Å². The van der Waals surface area contributed by atoms with Gasteiger partial charge in [-0.25, -0.2) is 4.98 Å². The van der Waals surface area contributed by atoms with Crippen molar-refractivity contribution in [1.29, 1.82) is 0 Å². The van der Waals surface area contributed by atoms with Crippen molar-refractivity contribution in [1.82, 2.24) is 29.6 Å². The fourth-order valence-corrected chi connectivity index (χ4v) is 5.58. The molecule has 1 unspecified atom stereocenters. The number of anilines is 1. The number of aryl methyl sites for hydroxylation is 2. The molecule has 2 aliphatic rings. The molecule has 184 valence electrons. The lowest BCUT2D eigenvalue weighted by molar-refractivity contribution is 0.0665. The molecule has 5 aromatic rings. The van der Waals surface area contributed by atoms with Crippen LogP contribution in [0.25, 0.3) is 32.9 Å². The zero-order valence-electron chi connectivity index (χ0n) is 20.6. The molecule has 37 heavy (non-hydrogen) atoms. The second-order valence-electron chi connectivity index (χ2n) is 10.2. The van der Waals surface area contributed by atoms with Crippen LogP contribution in [0, 0.1) is 5.92 Å². The van der Waals surface area contributed by atoms with E-state index in [4.69, 9.17) is 10.7 Å². The Morgan fingerprint density at radius 2 is 1.95 bits per heavy atom. The summed E-state index contributed by atoms with van der Waals surface area (Å²) in [5.41, 5.74) is 11.8. The number of hydrogen-bond acceptors (Lipinski definition) is 6. The first-order valence-corrected chi connectivity index (χ1v) is 12.8. The number of nitrogens with two attached hydrogens (primary N) is 1. The minimum atomic E-state index is 0.0252. The number of hydrogen-bond donors (Lipinski definition) is 1. The molecule has 8 nitrogen and oxygen atoms in total. The third kappa shape index (κ3) is 3.80. The van der Waals surface area contributed by atoms with Crippen molar-refractivity contribution in [2.75, 3.05) is 12.3 Å². The van der Waals surface area contributed by atoms with Gasteiger partial charge in [-0.3, -0.25) is 19.4 Å². The number of carbonyl (C=O) groups excluding carboxylic acids is 1. The molecule has 4 heterocycles. The monoisotopic (exact) mass is 489 g/mol. The predicted octanol–water partition coefficient (Wildman–Crippen LogP) is 4.70. The molecule has 4 aromatic heterocycles. The predicted molar refractivity (Wildman–Crippen MR) is 143 cm³/mol. The Labute approximate surface area is 214 Å². The largest absolute Gasteiger partial charge is 0.383 e. The van der Waals surface area contributed by atoms with E-state index in [0.717, 1.165) is 63.6 Å². The number of pyridine rings is 3. The van der Waals surface area contributed by atoms with E-state index in [1.165, 1.54) is 12.8 Å². The Kier molecular flexibility index (Phi) is 4.96. The summed E-state index contributed by atoms with van der Waals surface area (Å²) in [5.74, 6) is 1.10. The first-order chi connectivity index (χ1) is 18.0. The number of fused-ring (bicyclic) bond motifs is 4. The van der Waals surface area contributed by atoms with Crippen LogP contribution in [0.5, 0.6) is 0 Å². The number of carbonyl (C=O) groups is 1. The molecule has 0 spiro atoms. The smallest absolute Gasteiger partial charge is 0.254 e. The van der Waals surface area contributed by atoms with E-state index >= 15 is 0 Å². The van der Waals surface area contributed by atoms with Crippen molar-refractivity contribution in [3.05, 3.63) is 78.0 Å². The van der Waals surface area contributed by atoms with Gasteiger partial charge in [-0.1, -0.05) is 6.07 Å². The zero-order valence-corrected chi connectivity index (χ0v) is 20.6. The molecule has 1 atom stereocenters.